The highest BCUT2D eigenvalue weighted by Crippen LogP contribution is 2.42. The van der Waals surface area contributed by atoms with Gasteiger partial charge in [-0.2, -0.15) is 0 Å². The molecule has 0 unspecified atom stereocenters. The summed E-state index contributed by atoms with van der Waals surface area (Å²) in [5.41, 5.74) is 2.29. The predicted octanol–water partition coefficient (Wildman–Crippen LogP) is 2.76. The van der Waals surface area contributed by atoms with Crippen molar-refractivity contribution in [3.05, 3.63) is 17.0 Å². The van der Waals surface area contributed by atoms with Gasteiger partial charge in [0.05, 0.1) is 5.69 Å². The van der Waals surface area contributed by atoms with Crippen molar-refractivity contribution in [3.63, 3.8) is 0 Å². The lowest BCUT2D eigenvalue weighted by Gasteiger charge is -1.92. The number of rotatable bonds is 2. The molecule has 60 valence electrons. The summed E-state index contributed by atoms with van der Waals surface area (Å²) in [6.45, 7) is 1.99. The quantitative estimate of drug-likeness (QED) is 0.710. The molecule has 0 saturated heterocycles. The smallest absolute Gasteiger partial charge is 0.144 e. The Labute approximate surface area is 74.1 Å². The van der Waals surface area contributed by atoms with E-state index in [9.17, 15) is 0 Å². The number of aromatic nitrogens is 1. The van der Waals surface area contributed by atoms with E-state index in [0.29, 0.717) is 5.92 Å². The van der Waals surface area contributed by atoms with Crippen molar-refractivity contribution >= 4 is 15.9 Å². The predicted molar refractivity (Wildman–Crippen MR) is 45.8 cm³/mol. The van der Waals surface area contributed by atoms with Gasteiger partial charge in [-0.05, 0) is 19.8 Å². The molecule has 0 aromatic carbocycles. The van der Waals surface area contributed by atoms with Crippen molar-refractivity contribution in [2.45, 2.75) is 31.0 Å². The van der Waals surface area contributed by atoms with Gasteiger partial charge in [0.25, 0.3) is 0 Å². The minimum absolute atomic E-state index is 0.670. The van der Waals surface area contributed by atoms with E-state index in [-0.39, 0.29) is 0 Å². The zero-order valence-electron chi connectivity index (χ0n) is 6.43. The number of aryl methyl sites for hydroxylation is 1. The molecular weight excluding hydrogens is 206 g/mol. The number of hydrogen-bond donors (Lipinski definition) is 0. The minimum atomic E-state index is 0.670. The maximum atomic E-state index is 5.23. The third-order valence-electron chi connectivity index (χ3n) is 2.10. The molecule has 1 heterocycles. The van der Waals surface area contributed by atoms with E-state index in [1.54, 1.807) is 0 Å². The van der Waals surface area contributed by atoms with E-state index in [1.807, 2.05) is 6.92 Å². The highest BCUT2D eigenvalue weighted by atomic mass is 79.9. The van der Waals surface area contributed by atoms with Crippen molar-refractivity contribution in [1.82, 2.24) is 5.16 Å². The van der Waals surface area contributed by atoms with Crippen LogP contribution in [-0.4, -0.2) is 5.16 Å². The Bertz CT molecular complexity index is 265. The van der Waals surface area contributed by atoms with Gasteiger partial charge < -0.3 is 4.52 Å². The van der Waals surface area contributed by atoms with Gasteiger partial charge in [0.15, 0.2) is 0 Å². The van der Waals surface area contributed by atoms with Crippen molar-refractivity contribution in [2.75, 3.05) is 0 Å². The molecule has 2 rings (SSSR count). The van der Waals surface area contributed by atoms with Gasteiger partial charge in [-0.3, -0.25) is 0 Å². The van der Waals surface area contributed by atoms with Crippen molar-refractivity contribution in [1.29, 1.82) is 0 Å². The van der Waals surface area contributed by atoms with Crippen molar-refractivity contribution in [3.8, 4) is 0 Å². The standard InChI is InChI=1S/C8H10BrNO/c1-5-7(4-9)8(11-10-5)6-2-3-6/h6H,2-4H2,1H3. The zero-order valence-corrected chi connectivity index (χ0v) is 8.02. The van der Waals surface area contributed by atoms with Crippen LogP contribution in [0.1, 0.15) is 35.8 Å². The van der Waals surface area contributed by atoms with Crippen LogP contribution in [0.15, 0.2) is 4.52 Å². The van der Waals surface area contributed by atoms with Crippen LogP contribution in [0.25, 0.3) is 0 Å². The highest BCUT2D eigenvalue weighted by Gasteiger charge is 2.30. The summed E-state index contributed by atoms with van der Waals surface area (Å²) in [7, 11) is 0. The fourth-order valence-electron chi connectivity index (χ4n) is 1.24. The van der Waals surface area contributed by atoms with Gasteiger partial charge in [0.2, 0.25) is 0 Å². The van der Waals surface area contributed by atoms with Crippen LogP contribution in [-0.2, 0) is 5.33 Å². The second-order valence-corrected chi connectivity index (χ2v) is 3.58. The van der Waals surface area contributed by atoms with Gasteiger partial charge in [0.1, 0.15) is 5.76 Å². The first-order valence-corrected chi connectivity index (χ1v) is 4.96. The summed E-state index contributed by atoms with van der Waals surface area (Å²) >= 11 is 3.43. The van der Waals surface area contributed by atoms with E-state index in [4.69, 9.17) is 4.52 Å². The minimum Gasteiger partial charge on any atom is -0.361 e. The zero-order chi connectivity index (χ0) is 7.84. The van der Waals surface area contributed by atoms with Crippen molar-refractivity contribution < 1.29 is 4.52 Å². The molecule has 0 bridgehead atoms. The highest BCUT2D eigenvalue weighted by molar-refractivity contribution is 9.08. The second-order valence-electron chi connectivity index (χ2n) is 3.02. The molecule has 1 aliphatic rings. The van der Waals surface area contributed by atoms with Crippen LogP contribution in [0.2, 0.25) is 0 Å². The molecule has 0 N–H and O–H groups in total. The third-order valence-corrected chi connectivity index (χ3v) is 2.66. The van der Waals surface area contributed by atoms with E-state index in [1.165, 1.54) is 18.4 Å². The van der Waals surface area contributed by atoms with Crippen LogP contribution >= 0.6 is 15.9 Å². The Morgan fingerprint density at radius 3 is 2.91 bits per heavy atom. The monoisotopic (exact) mass is 215 g/mol. The number of nitrogens with zero attached hydrogens (tertiary/aromatic N) is 1. The first-order chi connectivity index (χ1) is 5.33. The lowest BCUT2D eigenvalue weighted by molar-refractivity contribution is 0.379. The topological polar surface area (TPSA) is 26.0 Å². The van der Waals surface area contributed by atoms with E-state index < -0.39 is 0 Å². The second kappa shape index (κ2) is 2.63. The molecule has 1 aliphatic carbocycles. The van der Waals surface area contributed by atoms with Crippen LogP contribution in [0.3, 0.4) is 0 Å². The summed E-state index contributed by atoms with van der Waals surface area (Å²) in [5, 5.41) is 4.81. The van der Waals surface area contributed by atoms with Gasteiger partial charge in [0, 0.05) is 16.8 Å². The average molecular weight is 216 g/mol. The number of hydrogen-bond acceptors (Lipinski definition) is 2. The molecule has 0 spiro atoms. The molecule has 0 radical (unpaired) electrons. The summed E-state index contributed by atoms with van der Waals surface area (Å²) in [5.74, 6) is 1.78. The fraction of sp³-hybridized carbons (Fsp3) is 0.625. The Hall–Kier alpha value is -0.310. The molecule has 0 aliphatic heterocycles. The normalized spacial score (nSPS) is 17.3. The molecule has 1 fully saturated rings. The summed E-state index contributed by atoms with van der Waals surface area (Å²) in [4.78, 5) is 0. The lowest BCUT2D eigenvalue weighted by Crippen LogP contribution is -1.84. The van der Waals surface area contributed by atoms with Crippen LogP contribution < -0.4 is 0 Å². The molecule has 2 nitrogen and oxygen atoms in total. The summed E-state index contributed by atoms with van der Waals surface area (Å²) < 4.78 is 5.23. The molecule has 3 heteroatoms. The largest absolute Gasteiger partial charge is 0.361 e. The van der Waals surface area contributed by atoms with Gasteiger partial charge in [-0.15, -0.1) is 0 Å². The Morgan fingerprint density at radius 1 is 1.64 bits per heavy atom. The van der Waals surface area contributed by atoms with E-state index >= 15 is 0 Å². The SMILES string of the molecule is Cc1noc(C2CC2)c1CBr. The van der Waals surface area contributed by atoms with E-state index in [0.717, 1.165) is 16.8 Å². The molecule has 1 aromatic heterocycles. The number of halogens is 1. The van der Waals surface area contributed by atoms with Crippen LogP contribution in [0.5, 0.6) is 0 Å². The molecule has 0 amide bonds. The Kier molecular flexibility index (Phi) is 1.75. The fourth-order valence-corrected chi connectivity index (χ4v) is 1.92. The maximum absolute atomic E-state index is 5.23. The average Bonchev–Trinajstić information content (AvgIpc) is 2.76. The summed E-state index contributed by atoms with van der Waals surface area (Å²) in [6, 6.07) is 0. The van der Waals surface area contributed by atoms with Crippen LogP contribution in [0, 0.1) is 6.92 Å². The maximum Gasteiger partial charge on any atom is 0.144 e. The molecular formula is C8H10BrNO. The Balaban J connectivity index is 2.36. The van der Waals surface area contributed by atoms with Gasteiger partial charge in [-0.25, -0.2) is 0 Å². The van der Waals surface area contributed by atoms with Gasteiger partial charge >= 0.3 is 0 Å². The van der Waals surface area contributed by atoms with Crippen LogP contribution in [0.4, 0.5) is 0 Å². The molecule has 0 atom stereocenters. The Morgan fingerprint density at radius 2 is 2.36 bits per heavy atom. The number of alkyl halides is 1. The molecule has 11 heavy (non-hydrogen) atoms. The summed E-state index contributed by atoms with van der Waals surface area (Å²) in [6.07, 6.45) is 2.54. The third kappa shape index (κ3) is 1.22. The first-order valence-electron chi connectivity index (χ1n) is 3.84. The lowest BCUT2D eigenvalue weighted by atomic mass is 10.2. The molecule has 1 aromatic rings. The van der Waals surface area contributed by atoms with Crippen molar-refractivity contribution in [2.24, 2.45) is 0 Å². The first kappa shape index (κ1) is 7.35. The molecule has 1 saturated carbocycles. The van der Waals surface area contributed by atoms with Gasteiger partial charge in [-0.1, -0.05) is 21.1 Å². The van der Waals surface area contributed by atoms with E-state index in [2.05, 4.69) is 21.1 Å².